The number of nitrogens with one attached hydrogen (secondary N) is 1. The van der Waals surface area contributed by atoms with E-state index in [4.69, 9.17) is 14.2 Å². The summed E-state index contributed by atoms with van der Waals surface area (Å²) in [6.07, 6.45) is 1.59. The van der Waals surface area contributed by atoms with Crippen molar-refractivity contribution in [3.63, 3.8) is 0 Å². The number of nitrogens with zero attached hydrogens (tertiary/aromatic N) is 1. The lowest BCUT2D eigenvalue weighted by atomic mass is 10.1. The van der Waals surface area contributed by atoms with Crippen molar-refractivity contribution in [2.24, 2.45) is 0 Å². The number of thioether (sulfide) groups is 1. The van der Waals surface area contributed by atoms with E-state index in [0.717, 1.165) is 16.7 Å². The average Bonchev–Trinajstić information content (AvgIpc) is 2.92. The molecule has 9 heteroatoms. The summed E-state index contributed by atoms with van der Waals surface area (Å²) >= 11 is 0.795. The van der Waals surface area contributed by atoms with Crippen LogP contribution in [-0.4, -0.2) is 62.0 Å². The molecule has 2 rings (SSSR count). The van der Waals surface area contributed by atoms with E-state index in [0.29, 0.717) is 43.4 Å². The summed E-state index contributed by atoms with van der Waals surface area (Å²) in [6.45, 7) is 5.04. The Morgan fingerprint density at radius 1 is 1.21 bits per heavy atom. The van der Waals surface area contributed by atoms with Gasteiger partial charge in [0.1, 0.15) is 18.0 Å². The molecular formula is C19H24N2O6S. The third-order valence-corrected chi connectivity index (χ3v) is 4.59. The van der Waals surface area contributed by atoms with Crippen LogP contribution in [0.2, 0.25) is 0 Å². The number of benzene rings is 1. The van der Waals surface area contributed by atoms with Crippen molar-refractivity contribution in [3.8, 4) is 11.5 Å². The van der Waals surface area contributed by atoms with Crippen LogP contribution in [0.25, 0.3) is 6.08 Å². The van der Waals surface area contributed by atoms with Crippen molar-refractivity contribution in [1.82, 2.24) is 10.2 Å². The van der Waals surface area contributed by atoms with Crippen molar-refractivity contribution < 1.29 is 28.6 Å². The zero-order chi connectivity index (χ0) is 20.5. The van der Waals surface area contributed by atoms with Crippen LogP contribution in [0.4, 0.5) is 4.79 Å². The number of amides is 3. The van der Waals surface area contributed by atoms with Crippen molar-refractivity contribution in [2.75, 3.05) is 40.0 Å². The van der Waals surface area contributed by atoms with E-state index in [-0.39, 0.29) is 11.4 Å². The molecule has 0 aliphatic carbocycles. The molecule has 1 aliphatic rings. The molecular weight excluding hydrogens is 384 g/mol. The molecule has 0 bridgehead atoms. The molecule has 8 nitrogen and oxygen atoms in total. The quantitative estimate of drug-likeness (QED) is 0.469. The van der Waals surface area contributed by atoms with Gasteiger partial charge >= 0.3 is 0 Å². The number of imide groups is 1. The number of methoxy groups -OCH3 is 1. The maximum Gasteiger partial charge on any atom is 0.294 e. The lowest BCUT2D eigenvalue weighted by Gasteiger charge is -2.12. The number of ether oxygens (including phenoxy) is 3. The molecule has 28 heavy (non-hydrogen) atoms. The molecule has 0 spiro atoms. The highest BCUT2D eigenvalue weighted by Crippen LogP contribution is 2.35. The highest BCUT2D eigenvalue weighted by atomic mass is 32.2. The Bertz CT molecular complexity index is 765. The van der Waals surface area contributed by atoms with Crippen LogP contribution < -0.4 is 14.8 Å². The Morgan fingerprint density at radius 3 is 2.64 bits per heavy atom. The maximum absolute atomic E-state index is 12.6. The van der Waals surface area contributed by atoms with E-state index in [1.807, 2.05) is 13.8 Å². The third-order valence-electron chi connectivity index (χ3n) is 3.69. The van der Waals surface area contributed by atoms with Gasteiger partial charge < -0.3 is 19.5 Å². The second kappa shape index (κ2) is 10.7. The highest BCUT2D eigenvalue weighted by Gasteiger charge is 2.36. The first kappa shape index (κ1) is 21.8. The first-order chi connectivity index (χ1) is 13.5. The number of hydrogen-bond acceptors (Lipinski definition) is 7. The van der Waals surface area contributed by atoms with Crippen LogP contribution >= 0.6 is 11.8 Å². The van der Waals surface area contributed by atoms with Crippen LogP contribution in [0.1, 0.15) is 19.4 Å². The van der Waals surface area contributed by atoms with E-state index >= 15 is 0 Å². The molecule has 0 unspecified atom stereocenters. The summed E-state index contributed by atoms with van der Waals surface area (Å²) in [6, 6.07) is 5.28. The van der Waals surface area contributed by atoms with E-state index in [9.17, 15) is 14.4 Å². The monoisotopic (exact) mass is 408 g/mol. The minimum atomic E-state index is -0.506. The number of carbonyl (C=O) groups is 3. The fourth-order valence-corrected chi connectivity index (χ4v) is 3.27. The summed E-state index contributed by atoms with van der Waals surface area (Å²) < 4.78 is 15.9. The Labute approximate surface area is 168 Å². The van der Waals surface area contributed by atoms with Gasteiger partial charge in [0.2, 0.25) is 5.91 Å². The van der Waals surface area contributed by atoms with Gasteiger partial charge in [0.15, 0.2) is 0 Å². The predicted octanol–water partition coefficient (Wildman–Crippen LogP) is 2.28. The number of carbonyl (C=O) groups excluding carboxylic acids is 3. The minimum absolute atomic E-state index is 0.236. The van der Waals surface area contributed by atoms with Gasteiger partial charge in [0.05, 0.1) is 24.7 Å². The Hall–Kier alpha value is -2.52. The minimum Gasteiger partial charge on any atom is -0.494 e. The van der Waals surface area contributed by atoms with Crippen LogP contribution in [0.15, 0.2) is 23.1 Å². The molecule has 1 N–H and O–H groups in total. The van der Waals surface area contributed by atoms with Crippen molar-refractivity contribution in [2.45, 2.75) is 13.8 Å². The largest absolute Gasteiger partial charge is 0.494 e. The van der Waals surface area contributed by atoms with Gasteiger partial charge in [-0.2, -0.15) is 0 Å². The normalized spacial score (nSPS) is 15.2. The van der Waals surface area contributed by atoms with Gasteiger partial charge in [-0.1, -0.05) is 0 Å². The van der Waals surface area contributed by atoms with Crippen LogP contribution in [0.5, 0.6) is 11.5 Å². The molecule has 0 aromatic heterocycles. The highest BCUT2D eigenvalue weighted by molar-refractivity contribution is 8.18. The lowest BCUT2D eigenvalue weighted by Crippen LogP contribution is -2.40. The summed E-state index contributed by atoms with van der Waals surface area (Å²) in [4.78, 5) is 37.8. The Balaban J connectivity index is 2.15. The molecule has 1 heterocycles. The van der Waals surface area contributed by atoms with E-state index in [1.54, 1.807) is 24.3 Å². The fourth-order valence-electron chi connectivity index (χ4n) is 2.44. The lowest BCUT2D eigenvalue weighted by molar-refractivity contribution is -0.129. The average molecular weight is 408 g/mol. The topological polar surface area (TPSA) is 94.2 Å². The summed E-state index contributed by atoms with van der Waals surface area (Å²) in [5, 5.41) is 2.10. The standard InChI is InChI=1S/C19H24N2O6S/c1-4-26-14-7-6-13(15(11-14)27-5-2)10-16-18(23)21(19(24)28-16)12-17(22)20-8-9-25-3/h6-7,10-11H,4-5,8-9,12H2,1-3H3,(H,20,22)/b16-10-. The van der Waals surface area contributed by atoms with Crippen LogP contribution in [-0.2, 0) is 14.3 Å². The molecule has 1 fully saturated rings. The van der Waals surface area contributed by atoms with E-state index in [2.05, 4.69) is 5.32 Å². The molecule has 0 radical (unpaired) electrons. The van der Waals surface area contributed by atoms with Gasteiger partial charge in [-0.3, -0.25) is 19.3 Å². The number of rotatable bonds is 10. The number of hydrogen-bond donors (Lipinski definition) is 1. The van der Waals surface area contributed by atoms with Crippen molar-refractivity contribution >= 4 is 34.9 Å². The van der Waals surface area contributed by atoms with E-state index in [1.165, 1.54) is 7.11 Å². The Kier molecular flexibility index (Phi) is 8.34. The van der Waals surface area contributed by atoms with Gasteiger partial charge in [-0.05, 0) is 43.8 Å². The molecule has 0 saturated carbocycles. The van der Waals surface area contributed by atoms with Gasteiger partial charge in [-0.25, -0.2) is 0 Å². The molecule has 3 amide bonds. The first-order valence-electron chi connectivity index (χ1n) is 8.90. The third kappa shape index (κ3) is 5.74. The summed E-state index contributed by atoms with van der Waals surface area (Å²) in [5.41, 5.74) is 0.653. The summed E-state index contributed by atoms with van der Waals surface area (Å²) in [5.74, 6) is 0.284. The fraction of sp³-hybridized carbons (Fsp3) is 0.421. The molecule has 1 aliphatic heterocycles. The zero-order valence-corrected chi connectivity index (χ0v) is 17.0. The molecule has 1 saturated heterocycles. The van der Waals surface area contributed by atoms with Crippen molar-refractivity contribution in [3.05, 3.63) is 28.7 Å². The predicted molar refractivity (Wildman–Crippen MR) is 106 cm³/mol. The van der Waals surface area contributed by atoms with Crippen molar-refractivity contribution in [1.29, 1.82) is 0 Å². The molecule has 1 aromatic carbocycles. The maximum atomic E-state index is 12.6. The zero-order valence-electron chi connectivity index (χ0n) is 16.1. The second-order valence-electron chi connectivity index (χ2n) is 5.68. The smallest absolute Gasteiger partial charge is 0.294 e. The first-order valence-corrected chi connectivity index (χ1v) is 9.72. The summed E-state index contributed by atoms with van der Waals surface area (Å²) in [7, 11) is 1.52. The Morgan fingerprint density at radius 2 is 1.96 bits per heavy atom. The van der Waals surface area contributed by atoms with Crippen LogP contribution in [0, 0.1) is 0 Å². The van der Waals surface area contributed by atoms with Gasteiger partial charge in [0.25, 0.3) is 11.1 Å². The van der Waals surface area contributed by atoms with Gasteiger partial charge in [0, 0.05) is 25.3 Å². The SMILES string of the molecule is CCOc1ccc(/C=C2\SC(=O)N(CC(=O)NCCOC)C2=O)c(OCC)c1. The molecule has 1 aromatic rings. The second-order valence-corrected chi connectivity index (χ2v) is 6.67. The van der Waals surface area contributed by atoms with E-state index < -0.39 is 17.1 Å². The van der Waals surface area contributed by atoms with Gasteiger partial charge in [-0.15, -0.1) is 0 Å². The molecule has 0 atom stereocenters. The molecule has 152 valence electrons. The van der Waals surface area contributed by atoms with Crippen LogP contribution in [0.3, 0.4) is 0 Å².